The second-order valence-corrected chi connectivity index (χ2v) is 3.39. The number of nitrogens with two attached hydrogens (primary N) is 1. The van der Waals surface area contributed by atoms with Gasteiger partial charge >= 0.3 is 0 Å². The summed E-state index contributed by atoms with van der Waals surface area (Å²) in [5.41, 5.74) is 8.88. The molecule has 0 fully saturated rings. The third-order valence-corrected chi connectivity index (χ3v) is 2.29. The number of hydrogen-bond donors (Lipinski definition) is 2. The van der Waals surface area contributed by atoms with Crippen LogP contribution in [0.5, 0.6) is 0 Å². The minimum Gasteiger partial charge on any atom is -0.405 e. The van der Waals surface area contributed by atoms with Crippen molar-refractivity contribution in [2.75, 3.05) is 13.6 Å². The third kappa shape index (κ3) is 5.23. The molecule has 84 valence electrons. The van der Waals surface area contributed by atoms with E-state index in [-0.39, 0.29) is 0 Å². The quantitative estimate of drug-likeness (QED) is 0.655. The first kappa shape index (κ1) is 13.7. The monoisotopic (exact) mass is 206 g/mol. The maximum absolute atomic E-state index is 5.33. The molecule has 2 nitrogen and oxygen atoms in total. The van der Waals surface area contributed by atoms with Gasteiger partial charge in [0.2, 0.25) is 0 Å². The molecule has 2 heteroatoms. The standard InChI is InChI=1S/C13H22N2/c1-5-11(2)13(7-6-9-14)12(3)8-10-15-4/h5-7,9,15H,3,8,10,14H2,1-2,4H3/b9-6-,11-5-,13-7-. The van der Waals surface area contributed by atoms with Crippen LogP contribution in [0.2, 0.25) is 0 Å². The van der Waals surface area contributed by atoms with Crippen LogP contribution in [0.3, 0.4) is 0 Å². The lowest BCUT2D eigenvalue weighted by atomic mass is 9.97. The normalized spacial score (nSPS) is 13.5. The smallest absolute Gasteiger partial charge is 0.00114 e. The molecular formula is C13H22N2. The lowest BCUT2D eigenvalue weighted by molar-refractivity contribution is 0.791. The van der Waals surface area contributed by atoms with Gasteiger partial charge in [0.15, 0.2) is 0 Å². The molecule has 0 aromatic carbocycles. The minimum absolute atomic E-state index is 0.944. The van der Waals surface area contributed by atoms with E-state index in [1.54, 1.807) is 0 Å². The fourth-order valence-corrected chi connectivity index (χ4v) is 1.25. The highest BCUT2D eigenvalue weighted by molar-refractivity contribution is 5.46. The first-order valence-corrected chi connectivity index (χ1v) is 5.22. The van der Waals surface area contributed by atoms with Crippen LogP contribution in [0.25, 0.3) is 0 Å². The van der Waals surface area contributed by atoms with Gasteiger partial charge in [0.25, 0.3) is 0 Å². The van der Waals surface area contributed by atoms with E-state index in [4.69, 9.17) is 5.73 Å². The van der Waals surface area contributed by atoms with Gasteiger partial charge in [-0.05, 0) is 62.9 Å². The highest BCUT2D eigenvalue weighted by atomic mass is 14.8. The molecule has 0 unspecified atom stereocenters. The van der Waals surface area contributed by atoms with Gasteiger partial charge in [0.1, 0.15) is 0 Å². The van der Waals surface area contributed by atoms with E-state index in [0.717, 1.165) is 18.5 Å². The zero-order valence-electron chi connectivity index (χ0n) is 10.0. The van der Waals surface area contributed by atoms with Crippen molar-refractivity contribution in [3.05, 3.63) is 47.7 Å². The lowest BCUT2D eigenvalue weighted by Crippen LogP contribution is -2.09. The van der Waals surface area contributed by atoms with Crippen molar-refractivity contribution in [2.45, 2.75) is 20.3 Å². The van der Waals surface area contributed by atoms with Crippen LogP contribution >= 0.6 is 0 Å². The molecule has 0 saturated carbocycles. The van der Waals surface area contributed by atoms with Crippen molar-refractivity contribution in [2.24, 2.45) is 5.73 Å². The Bertz CT molecular complexity index is 283. The molecule has 0 aliphatic heterocycles. The lowest BCUT2D eigenvalue weighted by Gasteiger charge is -2.10. The van der Waals surface area contributed by atoms with Crippen molar-refractivity contribution >= 4 is 0 Å². The molecule has 0 radical (unpaired) electrons. The Balaban J connectivity index is 4.71. The molecule has 0 heterocycles. The van der Waals surface area contributed by atoms with Gasteiger partial charge in [-0.2, -0.15) is 0 Å². The number of rotatable bonds is 6. The van der Waals surface area contributed by atoms with E-state index in [2.05, 4.69) is 24.9 Å². The summed E-state index contributed by atoms with van der Waals surface area (Å²) in [5, 5.41) is 3.12. The molecule has 0 aliphatic carbocycles. The zero-order valence-corrected chi connectivity index (χ0v) is 10.0. The Hall–Kier alpha value is -1.28. The van der Waals surface area contributed by atoms with Gasteiger partial charge in [0.05, 0.1) is 0 Å². The summed E-state index contributed by atoms with van der Waals surface area (Å²) in [7, 11) is 1.94. The van der Waals surface area contributed by atoms with E-state index in [1.165, 1.54) is 17.3 Å². The average Bonchev–Trinajstić information content (AvgIpc) is 2.26. The molecular weight excluding hydrogens is 184 g/mol. The Morgan fingerprint density at radius 1 is 1.47 bits per heavy atom. The predicted molar refractivity (Wildman–Crippen MR) is 68.5 cm³/mol. The molecule has 0 amide bonds. The van der Waals surface area contributed by atoms with Crippen LogP contribution in [-0.2, 0) is 0 Å². The van der Waals surface area contributed by atoms with Crippen molar-refractivity contribution in [3.8, 4) is 0 Å². The van der Waals surface area contributed by atoms with Gasteiger partial charge < -0.3 is 11.1 Å². The van der Waals surface area contributed by atoms with Gasteiger partial charge in [0, 0.05) is 0 Å². The molecule has 3 N–H and O–H groups in total. The molecule has 0 saturated heterocycles. The molecule has 0 aromatic rings. The van der Waals surface area contributed by atoms with Gasteiger partial charge in [-0.1, -0.05) is 18.7 Å². The first-order valence-electron chi connectivity index (χ1n) is 5.22. The Morgan fingerprint density at radius 3 is 2.60 bits per heavy atom. The molecule has 0 spiro atoms. The second-order valence-electron chi connectivity index (χ2n) is 3.39. The van der Waals surface area contributed by atoms with Crippen LogP contribution in [0.1, 0.15) is 20.3 Å². The van der Waals surface area contributed by atoms with Gasteiger partial charge in [-0.25, -0.2) is 0 Å². The van der Waals surface area contributed by atoms with Gasteiger partial charge in [-0.15, -0.1) is 0 Å². The summed E-state index contributed by atoms with van der Waals surface area (Å²) in [6.45, 7) is 9.15. The fraction of sp³-hybridized carbons (Fsp3) is 0.385. The Kier molecular flexibility index (Phi) is 7.38. The second kappa shape index (κ2) is 8.06. The summed E-state index contributed by atoms with van der Waals surface area (Å²) in [6, 6.07) is 0. The predicted octanol–water partition coefficient (Wildman–Crippen LogP) is 2.52. The first-order chi connectivity index (χ1) is 7.17. The molecule has 0 rings (SSSR count). The van der Waals surface area contributed by atoms with Crippen LogP contribution in [0, 0.1) is 0 Å². The van der Waals surface area contributed by atoms with Crippen molar-refractivity contribution in [1.82, 2.24) is 5.32 Å². The van der Waals surface area contributed by atoms with Crippen molar-refractivity contribution in [3.63, 3.8) is 0 Å². The third-order valence-electron chi connectivity index (χ3n) is 2.29. The number of nitrogens with one attached hydrogen (secondary N) is 1. The van der Waals surface area contributed by atoms with Crippen LogP contribution in [0.4, 0.5) is 0 Å². The van der Waals surface area contributed by atoms with E-state index in [1.807, 2.05) is 26.1 Å². The van der Waals surface area contributed by atoms with E-state index >= 15 is 0 Å². The summed E-state index contributed by atoms with van der Waals surface area (Å²) in [4.78, 5) is 0. The SMILES string of the molecule is C=C(CCNC)C(=C\C=C/N)/C(C)=C\C. The summed E-state index contributed by atoms with van der Waals surface area (Å²) in [5.74, 6) is 0. The Morgan fingerprint density at radius 2 is 2.13 bits per heavy atom. The molecule has 15 heavy (non-hydrogen) atoms. The molecule has 0 aromatic heterocycles. The highest BCUT2D eigenvalue weighted by Crippen LogP contribution is 2.20. The molecule has 0 bridgehead atoms. The van der Waals surface area contributed by atoms with Gasteiger partial charge in [-0.3, -0.25) is 0 Å². The minimum atomic E-state index is 0.944. The van der Waals surface area contributed by atoms with E-state index in [9.17, 15) is 0 Å². The van der Waals surface area contributed by atoms with E-state index in [0.29, 0.717) is 0 Å². The summed E-state index contributed by atoms with van der Waals surface area (Å²) >= 11 is 0. The topological polar surface area (TPSA) is 38.0 Å². The van der Waals surface area contributed by atoms with Crippen molar-refractivity contribution < 1.29 is 0 Å². The Labute approximate surface area is 93.2 Å². The number of allylic oxidation sites excluding steroid dienone is 5. The number of hydrogen-bond acceptors (Lipinski definition) is 2. The van der Waals surface area contributed by atoms with Crippen molar-refractivity contribution in [1.29, 1.82) is 0 Å². The summed E-state index contributed by atoms with van der Waals surface area (Å²) in [6.07, 6.45) is 8.42. The maximum atomic E-state index is 5.33. The maximum Gasteiger partial charge on any atom is -0.00114 e. The zero-order chi connectivity index (χ0) is 11.7. The largest absolute Gasteiger partial charge is 0.405 e. The fourth-order valence-electron chi connectivity index (χ4n) is 1.25. The van der Waals surface area contributed by atoms with Crippen LogP contribution in [0.15, 0.2) is 47.7 Å². The van der Waals surface area contributed by atoms with E-state index < -0.39 is 0 Å². The molecule has 0 atom stereocenters. The summed E-state index contributed by atoms with van der Waals surface area (Å²) < 4.78 is 0. The molecule has 0 aliphatic rings. The van der Waals surface area contributed by atoms with Crippen LogP contribution < -0.4 is 11.1 Å². The highest BCUT2D eigenvalue weighted by Gasteiger charge is 2.02. The average molecular weight is 206 g/mol. The van der Waals surface area contributed by atoms with Crippen LogP contribution in [-0.4, -0.2) is 13.6 Å².